The van der Waals surface area contributed by atoms with Crippen LogP contribution in [0.5, 0.6) is 5.75 Å². The van der Waals surface area contributed by atoms with Crippen LogP contribution < -0.4 is 10.1 Å². The third-order valence-electron chi connectivity index (χ3n) is 10.3. The predicted molar refractivity (Wildman–Crippen MR) is 198 cm³/mol. The number of nitrogens with zero attached hydrogens (tertiary/aromatic N) is 4. The van der Waals surface area contributed by atoms with Crippen LogP contribution in [0.4, 0.5) is 0 Å². The second kappa shape index (κ2) is 13.5. The van der Waals surface area contributed by atoms with Crippen LogP contribution in [-0.2, 0) is 24.8 Å². The van der Waals surface area contributed by atoms with Gasteiger partial charge < -0.3 is 24.3 Å². The molecule has 7 rings (SSSR count). The molecule has 2 aromatic heterocycles. The minimum absolute atomic E-state index is 0.308. The minimum atomic E-state index is -0.649. The van der Waals surface area contributed by atoms with Gasteiger partial charge in [0.15, 0.2) is 0 Å². The molecule has 9 heteroatoms. The molecule has 2 aliphatic rings. The summed E-state index contributed by atoms with van der Waals surface area (Å²) in [5.41, 5.74) is 5.79. The fourth-order valence-corrected chi connectivity index (χ4v) is 8.28. The van der Waals surface area contributed by atoms with E-state index < -0.39 is 5.60 Å². The number of hydrogen-bond acceptors (Lipinski definition) is 6. The van der Waals surface area contributed by atoms with E-state index in [4.69, 9.17) is 26.2 Å². The topological polar surface area (TPSA) is 73.6 Å². The Bertz CT molecular complexity index is 2000. The molecule has 0 spiro atoms. The lowest BCUT2D eigenvalue weighted by molar-refractivity contribution is 0.00563. The molecule has 2 aliphatic heterocycles. The second-order valence-electron chi connectivity index (χ2n) is 14.8. The zero-order valence-corrected chi connectivity index (χ0v) is 30.4. The standard InChI is InChI=1S/C40H48ClN5O3/c1-25-35(26(2)44(6)43-25)36-33(41)17-16-32-31(14-10-20-48-34-15-9-12-27-11-7-8-13-30(27)34)38(39(47)49-40(3,4)5)46(37(32)36)19-18-45-23-28-21-42-22-29(28)24-45/h7-9,11-13,15-17,28-29,42H,10,14,18-24H2,1-6H3/t28-,29+. The Morgan fingerprint density at radius 3 is 2.41 bits per heavy atom. The predicted octanol–water partition coefficient (Wildman–Crippen LogP) is 7.58. The van der Waals surface area contributed by atoms with E-state index in [1.807, 2.05) is 69.8 Å². The van der Waals surface area contributed by atoms with Crippen molar-refractivity contribution in [2.45, 2.75) is 59.6 Å². The molecular weight excluding hydrogens is 634 g/mol. The van der Waals surface area contributed by atoms with Gasteiger partial charge in [-0.2, -0.15) is 5.10 Å². The van der Waals surface area contributed by atoms with Gasteiger partial charge in [-0.3, -0.25) is 4.68 Å². The molecule has 2 fully saturated rings. The van der Waals surface area contributed by atoms with Gasteiger partial charge in [-0.15, -0.1) is 0 Å². The van der Waals surface area contributed by atoms with E-state index in [0.29, 0.717) is 42.1 Å². The number of esters is 1. The van der Waals surface area contributed by atoms with Crippen LogP contribution in [-0.4, -0.2) is 70.1 Å². The molecule has 0 amide bonds. The van der Waals surface area contributed by atoms with Crippen molar-refractivity contribution in [3.8, 4) is 16.9 Å². The molecule has 49 heavy (non-hydrogen) atoms. The van der Waals surface area contributed by atoms with E-state index in [1.165, 1.54) is 0 Å². The molecule has 0 aliphatic carbocycles. The van der Waals surface area contributed by atoms with Gasteiger partial charge in [0.2, 0.25) is 0 Å². The first-order chi connectivity index (χ1) is 23.5. The van der Waals surface area contributed by atoms with E-state index in [9.17, 15) is 4.79 Å². The third kappa shape index (κ3) is 6.58. The fraction of sp³-hybridized carbons (Fsp3) is 0.450. The minimum Gasteiger partial charge on any atom is -0.493 e. The molecule has 1 N–H and O–H groups in total. The van der Waals surface area contributed by atoms with Crippen LogP contribution in [0.3, 0.4) is 0 Å². The molecule has 258 valence electrons. The summed E-state index contributed by atoms with van der Waals surface area (Å²) >= 11 is 7.14. The fourth-order valence-electron chi connectivity index (χ4n) is 8.03. The SMILES string of the molecule is Cc1nn(C)c(C)c1-c1c(Cl)ccc2c(CCCOc3cccc4ccccc34)c(C(=O)OC(C)(C)C)n(CCN3C[C@H]4CNC[C@H]4C3)c12. The summed E-state index contributed by atoms with van der Waals surface area (Å²) in [5.74, 6) is 1.94. The van der Waals surface area contributed by atoms with Gasteiger partial charge in [-0.25, -0.2) is 4.79 Å². The number of aromatic nitrogens is 3. The Morgan fingerprint density at radius 1 is 0.959 bits per heavy atom. The zero-order chi connectivity index (χ0) is 34.4. The Morgan fingerprint density at radius 2 is 1.69 bits per heavy atom. The maximum absolute atomic E-state index is 14.4. The number of carbonyl (C=O) groups excluding carboxylic acids is 1. The first-order valence-electron chi connectivity index (χ1n) is 17.6. The van der Waals surface area contributed by atoms with Crippen molar-refractivity contribution in [1.29, 1.82) is 0 Å². The summed E-state index contributed by atoms with van der Waals surface area (Å²) < 4.78 is 16.6. The van der Waals surface area contributed by atoms with Gasteiger partial charge in [-0.05, 0) is 95.5 Å². The van der Waals surface area contributed by atoms with Gasteiger partial charge >= 0.3 is 5.97 Å². The molecule has 2 saturated heterocycles. The van der Waals surface area contributed by atoms with Crippen LogP contribution >= 0.6 is 11.6 Å². The Kier molecular flexibility index (Phi) is 9.24. The highest BCUT2D eigenvalue weighted by atomic mass is 35.5. The summed E-state index contributed by atoms with van der Waals surface area (Å²) in [6, 6.07) is 18.5. The first kappa shape index (κ1) is 33.6. The lowest BCUT2D eigenvalue weighted by atomic mass is 9.98. The van der Waals surface area contributed by atoms with Gasteiger partial charge in [0.05, 0.1) is 22.8 Å². The number of ether oxygens (including phenoxy) is 2. The highest BCUT2D eigenvalue weighted by Crippen LogP contribution is 2.42. The van der Waals surface area contributed by atoms with E-state index in [2.05, 4.69) is 46.0 Å². The quantitative estimate of drug-likeness (QED) is 0.121. The number of fused-ring (bicyclic) bond motifs is 3. The number of aryl methyl sites for hydroxylation is 3. The van der Waals surface area contributed by atoms with Gasteiger partial charge in [0.1, 0.15) is 17.0 Å². The van der Waals surface area contributed by atoms with Crippen LogP contribution in [0.15, 0.2) is 54.6 Å². The molecular formula is C40H48ClN5O3. The highest BCUT2D eigenvalue weighted by Gasteiger charge is 2.36. The molecule has 2 atom stereocenters. The smallest absolute Gasteiger partial charge is 0.355 e. The number of likely N-dealkylation sites (tertiary alicyclic amines) is 1. The van der Waals surface area contributed by atoms with Crippen molar-refractivity contribution < 1.29 is 14.3 Å². The van der Waals surface area contributed by atoms with Crippen LogP contribution in [0, 0.1) is 25.7 Å². The van der Waals surface area contributed by atoms with E-state index in [-0.39, 0.29) is 5.97 Å². The molecule has 0 radical (unpaired) electrons. The average molecular weight is 682 g/mol. The third-order valence-corrected chi connectivity index (χ3v) is 10.6. The molecule has 0 saturated carbocycles. The molecule has 0 bridgehead atoms. The monoisotopic (exact) mass is 681 g/mol. The van der Waals surface area contributed by atoms with Crippen molar-refractivity contribution in [3.63, 3.8) is 0 Å². The lowest BCUT2D eigenvalue weighted by Crippen LogP contribution is -2.31. The Balaban J connectivity index is 1.31. The number of benzene rings is 3. The highest BCUT2D eigenvalue weighted by molar-refractivity contribution is 6.35. The van der Waals surface area contributed by atoms with Crippen molar-refractivity contribution in [3.05, 3.63) is 82.3 Å². The van der Waals surface area contributed by atoms with Crippen molar-refractivity contribution in [2.24, 2.45) is 18.9 Å². The summed E-state index contributed by atoms with van der Waals surface area (Å²) in [7, 11) is 1.96. The van der Waals surface area contributed by atoms with E-state index in [0.717, 1.165) is 94.6 Å². The number of nitrogens with one attached hydrogen (secondary N) is 1. The molecule has 0 unspecified atom stereocenters. The Hall–Kier alpha value is -3.85. The maximum atomic E-state index is 14.4. The van der Waals surface area contributed by atoms with Gasteiger partial charge in [-0.1, -0.05) is 54.1 Å². The van der Waals surface area contributed by atoms with Crippen molar-refractivity contribution >= 4 is 39.2 Å². The zero-order valence-electron chi connectivity index (χ0n) is 29.6. The summed E-state index contributed by atoms with van der Waals surface area (Å²) in [6.45, 7) is 16.2. The number of rotatable bonds is 10. The Labute approximate surface area is 294 Å². The van der Waals surface area contributed by atoms with E-state index >= 15 is 0 Å². The van der Waals surface area contributed by atoms with E-state index in [1.54, 1.807) is 0 Å². The molecule has 5 aromatic rings. The second-order valence-corrected chi connectivity index (χ2v) is 15.2. The lowest BCUT2D eigenvalue weighted by Gasteiger charge is -2.23. The largest absolute Gasteiger partial charge is 0.493 e. The van der Waals surface area contributed by atoms with Crippen LogP contribution in [0.25, 0.3) is 32.8 Å². The summed E-state index contributed by atoms with van der Waals surface area (Å²) in [4.78, 5) is 16.9. The summed E-state index contributed by atoms with van der Waals surface area (Å²) in [6.07, 6.45) is 1.37. The molecule has 8 nitrogen and oxygen atoms in total. The van der Waals surface area contributed by atoms with Crippen LogP contribution in [0.2, 0.25) is 5.02 Å². The number of carbonyl (C=O) groups is 1. The van der Waals surface area contributed by atoms with Gasteiger partial charge in [0.25, 0.3) is 0 Å². The number of halogens is 1. The average Bonchev–Trinajstić information content (AvgIpc) is 3.79. The maximum Gasteiger partial charge on any atom is 0.355 e. The first-order valence-corrected chi connectivity index (χ1v) is 18.0. The van der Waals surface area contributed by atoms with Crippen LogP contribution in [0.1, 0.15) is 54.6 Å². The van der Waals surface area contributed by atoms with Gasteiger partial charge in [0, 0.05) is 60.8 Å². The molecule has 3 aromatic carbocycles. The van der Waals surface area contributed by atoms with Crippen molar-refractivity contribution in [2.75, 3.05) is 39.3 Å². The number of hydrogen-bond donors (Lipinski definition) is 1. The van der Waals surface area contributed by atoms with Crippen molar-refractivity contribution in [1.82, 2.24) is 24.6 Å². The normalized spacial score (nSPS) is 18.1. The summed E-state index contributed by atoms with van der Waals surface area (Å²) in [5, 5.41) is 12.2. The molecule has 4 heterocycles.